The van der Waals surface area contributed by atoms with Gasteiger partial charge in [-0.05, 0) is 38.8 Å². The van der Waals surface area contributed by atoms with Crippen LogP contribution >= 0.6 is 0 Å². The molecule has 0 bridgehead atoms. The minimum atomic E-state index is -0.325. The Labute approximate surface area is 117 Å². The van der Waals surface area contributed by atoms with Crippen LogP contribution in [0.15, 0.2) is 23.0 Å². The topological polar surface area (TPSA) is 84.8 Å². The predicted octanol–water partition coefficient (Wildman–Crippen LogP) is 1.75. The first-order valence-corrected chi connectivity index (χ1v) is 6.35. The first kappa shape index (κ1) is 14.0. The van der Waals surface area contributed by atoms with Gasteiger partial charge in [-0.25, -0.2) is 4.68 Å². The molecule has 20 heavy (non-hydrogen) atoms. The van der Waals surface area contributed by atoms with Crippen LogP contribution < -0.4 is 11.2 Å². The maximum atomic E-state index is 11.8. The van der Waals surface area contributed by atoms with E-state index in [0.29, 0.717) is 0 Å². The molecule has 2 aromatic rings. The molecule has 0 aliphatic heterocycles. The van der Waals surface area contributed by atoms with E-state index in [1.54, 1.807) is 4.68 Å². The van der Waals surface area contributed by atoms with Crippen LogP contribution in [-0.4, -0.2) is 15.6 Å². The summed E-state index contributed by atoms with van der Waals surface area (Å²) in [6.07, 6.45) is 0. The van der Waals surface area contributed by atoms with Crippen molar-refractivity contribution in [3.05, 3.63) is 56.5 Å². The van der Waals surface area contributed by atoms with Gasteiger partial charge in [0.05, 0.1) is 5.69 Å². The molecule has 1 aromatic carbocycles. The Bertz CT molecular complexity index is 736. The summed E-state index contributed by atoms with van der Waals surface area (Å²) in [6, 6.07) is 5.59. The lowest BCUT2D eigenvalue weighted by Crippen LogP contribution is -2.27. The van der Waals surface area contributed by atoms with Crippen LogP contribution in [0.2, 0.25) is 0 Å². The highest BCUT2D eigenvalue weighted by molar-refractivity contribution is 5.92. The van der Waals surface area contributed by atoms with Gasteiger partial charge in [0.25, 0.3) is 0 Å². The highest BCUT2D eigenvalue weighted by Gasteiger charge is 2.13. The van der Waals surface area contributed by atoms with Gasteiger partial charge in [0.2, 0.25) is 5.43 Å². The smallest absolute Gasteiger partial charge is 0.211 e. The number of aromatic nitrogens is 2. The van der Waals surface area contributed by atoms with Gasteiger partial charge in [-0.2, -0.15) is 5.10 Å². The lowest BCUT2D eigenvalue weighted by molar-refractivity contribution is 0.781. The number of hydrogen-bond acceptors (Lipinski definition) is 3. The molecule has 0 aliphatic rings. The van der Waals surface area contributed by atoms with E-state index in [4.69, 9.17) is 11.1 Å². The summed E-state index contributed by atoms with van der Waals surface area (Å²) in [5, 5.41) is 11.7. The van der Waals surface area contributed by atoms with Gasteiger partial charge in [0.1, 0.15) is 5.84 Å². The van der Waals surface area contributed by atoms with Crippen molar-refractivity contribution in [2.75, 3.05) is 0 Å². The molecule has 0 aliphatic carbocycles. The molecular weight excluding hydrogens is 252 g/mol. The van der Waals surface area contributed by atoms with Crippen LogP contribution in [0.3, 0.4) is 0 Å². The number of nitrogens with two attached hydrogens (primary N) is 1. The van der Waals surface area contributed by atoms with Crippen LogP contribution in [-0.2, 0) is 0 Å². The van der Waals surface area contributed by atoms with E-state index in [1.807, 2.05) is 27.7 Å². The molecule has 5 heteroatoms. The molecule has 0 atom stereocenters. The number of amidine groups is 1. The fraction of sp³-hybridized carbons (Fsp3) is 0.267. The first-order valence-electron chi connectivity index (χ1n) is 6.35. The molecule has 1 heterocycles. The standard InChI is InChI=1S/C15H18N4O/c1-8-5-9(2)14(10(3)6-8)19-11(4)7-12(20)13(18-19)15(16)17/h5-7H,1-4H3,(H3,16,17). The highest BCUT2D eigenvalue weighted by Crippen LogP contribution is 2.21. The van der Waals surface area contributed by atoms with Gasteiger partial charge < -0.3 is 5.73 Å². The molecule has 0 fully saturated rings. The van der Waals surface area contributed by atoms with Gasteiger partial charge in [0, 0.05) is 11.8 Å². The van der Waals surface area contributed by atoms with Crippen LogP contribution in [0, 0.1) is 33.1 Å². The SMILES string of the molecule is Cc1cc(C)c(-n2nc(C(=N)N)c(=O)cc2C)c(C)c1. The fourth-order valence-electron chi connectivity index (χ4n) is 2.47. The van der Waals surface area contributed by atoms with Crippen molar-refractivity contribution in [3.8, 4) is 5.69 Å². The summed E-state index contributed by atoms with van der Waals surface area (Å²) in [5.74, 6) is -0.314. The van der Waals surface area contributed by atoms with E-state index < -0.39 is 0 Å². The van der Waals surface area contributed by atoms with Crippen LogP contribution in [0.5, 0.6) is 0 Å². The van der Waals surface area contributed by atoms with E-state index in [0.717, 1.165) is 22.5 Å². The number of rotatable bonds is 2. The molecule has 0 unspecified atom stereocenters. The number of aryl methyl sites for hydroxylation is 4. The summed E-state index contributed by atoms with van der Waals surface area (Å²) in [6.45, 7) is 7.86. The van der Waals surface area contributed by atoms with Crippen molar-refractivity contribution < 1.29 is 0 Å². The molecular formula is C15H18N4O. The molecule has 0 radical (unpaired) electrons. The summed E-state index contributed by atoms with van der Waals surface area (Å²) < 4.78 is 1.68. The molecule has 0 amide bonds. The normalized spacial score (nSPS) is 10.6. The van der Waals surface area contributed by atoms with Crippen LogP contribution in [0.25, 0.3) is 5.69 Å². The van der Waals surface area contributed by atoms with E-state index in [9.17, 15) is 4.79 Å². The van der Waals surface area contributed by atoms with Crippen molar-refractivity contribution >= 4 is 5.84 Å². The summed E-state index contributed by atoms with van der Waals surface area (Å²) in [7, 11) is 0. The molecule has 0 saturated carbocycles. The third-order valence-corrected chi connectivity index (χ3v) is 3.21. The third kappa shape index (κ3) is 2.34. The maximum absolute atomic E-state index is 11.8. The number of hydrogen-bond donors (Lipinski definition) is 2. The molecule has 3 N–H and O–H groups in total. The maximum Gasteiger partial charge on any atom is 0.211 e. The molecule has 104 valence electrons. The predicted molar refractivity (Wildman–Crippen MR) is 79.8 cm³/mol. The van der Waals surface area contributed by atoms with E-state index in [1.165, 1.54) is 11.6 Å². The second kappa shape index (κ2) is 4.92. The van der Waals surface area contributed by atoms with E-state index >= 15 is 0 Å². The lowest BCUT2D eigenvalue weighted by Gasteiger charge is -2.16. The fourth-order valence-corrected chi connectivity index (χ4v) is 2.47. The monoisotopic (exact) mass is 270 g/mol. The number of nitrogen functional groups attached to an aromatic ring is 1. The molecule has 0 saturated heterocycles. The van der Waals surface area contributed by atoms with Gasteiger partial charge >= 0.3 is 0 Å². The molecule has 0 spiro atoms. The Kier molecular flexibility index (Phi) is 3.44. The van der Waals surface area contributed by atoms with Crippen molar-refractivity contribution in [1.82, 2.24) is 9.78 Å². The van der Waals surface area contributed by atoms with Crippen molar-refractivity contribution in [2.45, 2.75) is 27.7 Å². The quantitative estimate of drug-likeness (QED) is 0.644. The Morgan fingerprint density at radius 1 is 1.15 bits per heavy atom. The van der Waals surface area contributed by atoms with Crippen LogP contribution in [0.1, 0.15) is 28.1 Å². The largest absolute Gasteiger partial charge is 0.382 e. The summed E-state index contributed by atoms with van der Waals surface area (Å²) in [4.78, 5) is 11.8. The van der Waals surface area contributed by atoms with Gasteiger partial charge in [-0.15, -0.1) is 0 Å². The molecule has 5 nitrogen and oxygen atoms in total. The first-order chi connectivity index (χ1) is 9.31. The van der Waals surface area contributed by atoms with Gasteiger partial charge in [-0.3, -0.25) is 10.2 Å². The average molecular weight is 270 g/mol. The second-order valence-electron chi connectivity index (χ2n) is 5.07. The number of benzene rings is 1. The van der Waals surface area contributed by atoms with Crippen molar-refractivity contribution in [2.24, 2.45) is 5.73 Å². The van der Waals surface area contributed by atoms with Crippen molar-refractivity contribution in [3.63, 3.8) is 0 Å². The molecule has 2 rings (SSSR count). The number of nitrogens with zero attached hydrogens (tertiary/aromatic N) is 2. The summed E-state index contributed by atoms with van der Waals surface area (Å²) in [5.41, 5.74) is 10.0. The van der Waals surface area contributed by atoms with Crippen molar-refractivity contribution in [1.29, 1.82) is 5.41 Å². The Balaban J connectivity index is 2.80. The average Bonchev–Trinajstić information content (AvgIpc) is 2.29. The Morgan fingerprint density at radius 2 is 1.70 bits per heavy atom. The van der Waals surface area contributed by atoms with Crippen LogP contribution in [0.4, 0.5) is 0 Å². The zero-order valence-corrected chi connectivity index (χ0v) is 12.1. The third-order valence-electron chi connectivity index (χ3n) is 3.21. The minimum absolute atomic E-state index is 0.0185. The Hall–Kier alpha value is -2.43. The van der Waals surface area contributed by atoms with Gasteiger partial charge in [-0.1, -0.05) is 17.7 Å². The van der Waals surface area contributed by atoms with E-state index in [2.05, 4.69) is 17.2 Å². The zero-order valence-electron chi connectivity index (χ0n) is 12.1. The van der Waals surface area contributed by atoms with Gasteiger partial charge in [0.15, 0.2) is 5.69 Å². The minimum Gasteiger partial charge on any atom is -0.382 e. The Morgan fingerprint density at radius 3 is 2.20 bits per heavy atom. The second-order valence-corrected chi connectivity index (χ2v) is 5.07. The number of nitrogens with one attached hydrogen (secondary N) is 1. The zero-order chi connectivity index (χ0) is 15.0. The van der Waals surface area contributed by atoms with E-state index in [-0.39, 0.29) is 17.0 Å². The lowest BCUT2D eigenvalue weighted by atomic mass is 10.0. The molecule has 1 aromatic heterocycles. The highest BCUT2D eigenvalue weighted by atomic mass is 16.1. The summed E-state index contributed by atoms with van der Waals surface area (Å²) >= 11 is 0.